The molecule has 152 valence electrons. The van der Waals surface area contributed by atoms with Crippen molar-refractivity contribution in [2.24, 2.45) is 0 Å². The van der Waals surface area contributed by atoms with Crippen LogP contribution in [0.1, 0.15) is 64.0 Å². The molecule has 2 rings (SSSR count). The zero-order chi connectivity index (χ0) is 19.5. The third kappa shape index (κ3) is 7.83. The molecule has 1 aromatic heterocycles. The number of halogens is 3. The number of unbranched alkanes of at least 4 members (excludes halogenated alkanes) is 7. The second-order valence-electron chi connectivity index (χ2n) is 7.14. The molecule has 0 aliphatic rings. The molecule has 6 heteroatoms. The van der Waals surface area contributed by atoms with E-state index in [1.165, 1.54) is 44.9 Å². The van der Waals surface area contributed by atoms with Crippen LogP contribution in [0.2, 0.25) is 0 Å². The van der Waals surface area contributed by atoms with Crippen LogP contribution in [0.15, 0.2) is 24.3 Å². The lowest BCUT2D eigenvalue weighted by Crippen LogP contribution is -2.22. The van der Waals surface area contributed by atoms with Gasteiger partial charge in [-0.3, -0.25) is 0 Å². The minimum Gasteiger partial charge on any atom is -0.374 e. The summed E-state index contributed by atoms with van der Waals surface area (Å²) >= 11 is 0. The van der Waals surface area contributed by atoms with Crippen LogP contribution in [0.25, 0.3) is 10.9 Å². The van der Waals surface area contributed by atoms with E-state index in [9.17, 15) is 13.2 Å². The molecule has 0 unspecified atom stereocenters. The van der Waals surface area contributed by atoms with Gasteiger partial charge in [-0.25, -0.2) is 0 Å². The number of anilines is 1. The van der Waals surface area contributed by atoms with Crippen LogP contribution in [-0.2, 0) is 6.54 Å². The third-order valence-electron chi connectivity index (χ3n) is 4.76. The predicted octanol–water partition coefficient (Wildman–Crippen LogP) is 6.37. The highest BCUT2D eigenvalue weighted by Gasteiger charge is 2.27. The van der Waals surface area contributed by atoms with Crippen LogP contribution >= 0.6 is 0 Å². The van der Waals surface area contributed by atoms with E-state index in [4.69, 9.17) is 0 Å². The fraction of sp³-hybridized carbons (Fsp3) is 0.619. The highest BCUT2D eigenvalue weighted by atomic mass is 19.4. The molecule has 0 saturated carbocycles. The van der Waals surface area contributed by atoms with Gasteiger partial charge in [0.15, 0.2) is 0 Å². The Kier molecular flexibility index (Phi) is 8.98. The Morgan fingerprint density at radius 1 is 0.926 bits per heavy atom. The van der Waals surface area contributed by atoms with E-state index in [0.29, 0.717) is 12.2 Å². The number of nitrogens with one attached hydrogen (secondary N) is 3. The lowest BCUT2D eigenvalue weighted by atomic mass is 10.1. The Morgan fingerprint density at radius 3 is 2.30 bits per heavy atom. The molecule has 0 radical (unpaired) electrons. The first-order valence-electron chi connectivity index (χ1n) is 10.1. The van der Waals surface area contributed by atoms with Gasteiger partial charge in [-0.2, -0.15) is 13.2 Å². The molecule has 3 nitrogen and oxygen atoms in total. The number of rotatable bonds is 13. The highest BCUT2D eigenvalue weighted by molar-refractivity contribution is 5.94. The van der Waals surface area contributed by atoms with Gasteiger partial charge in [0.1, 0.15) is 6.54 Å². The van der Waals surface area contributed by atoms with E-state index in [1.807, 2.05) is 24.3 Å². The second kappa shape index (κ2) is 11.2. The minimum absolute atomic E-state index is 0.533. The average molecular weight is 384 g/mol. The molecule has 2 aromatic rings. The van der Waals surface area contributed by atoms with E-state index in [2.05, 4.69) is 22.5 Å². The first-order chi connectivity index (χ1) is 13.0. The first kappa shape index (κ1) is 21.6. The summed E-state index contributed by atoms with van der Waals surface area (Å²) in [7, 11) is 0. The van der Waals surface area contributed by atoms with Gasteiger partial charge in [0.25, 0.3) is 0 Å². The largest absolute Gasteiger partial charge is 0.405 e. The topological polar surface area (TPSA) is 39.9 Å². The number of hydrogen-bond donors (Lipinski definition) is 3. The first-order valence-corrected chi connectivity index (χ1v) is 10.1. The third-order valence-corrected chi connectivity index (χ3v) is 4.76. The van der Waals surface area contributed by atoms with Crippen LogP contribution in [0, 0.1) is 0 Å². The standard InChI is InChI=1S/C21H32F3N3/c1-2-3-4-5-6-7-8-11-14-25-15-19-20(26-16-21(22,23)24)17-12-9-10-13-18(17)27-19/h9-10,12-13,25-27H,2-8,11,14-16H2,1H3. The van der Waals surface area contributed by atoms with Crippen molar-refractivity contribution >= 4 is 16.6 Å². The monoisotopic (exact) mass is 383 g/mol. The number of hydrogen-bond acceptors (Lipinski definition) is 2. The normalized spacial score (nSPS) is 12.0. The van der Waals surface area contributed by atoms with Gasteiger partial charge >= 0.3 is 6.18 Å². The fourth-order valence-electron chi connectivity index (χ4n) is 3.32. The summed E-state index contributed by atoms with van der Waals surface area (Å²) in [5.41, 5.74) is 2.18. The molecule has 0 aliphatic heterocycles. The second-order valence-corrected chi connectivity index (χ2v) is 7.14. The van der Waals surface area contributed by atoms with Crippen LogP contribution in [0.3, 0.4) is 0 Å². The van der Waals surface area contributed by atoms with Crippen LogP contribution in [0.4, 0.5) is 18.9 Å². The smallest absolute Gasteiger partial charge is 0.374 e. The van der Waals surface area contributed by atoms with Crippen LogP contribution in [0.5, 0.6) is 0 Å². The van der Waals surface area contributed by atoms with Crippen molar-refractivity contribution in [3.63, 3.8) is 0 Å². The molecule has 27 heavy (non-hydrogen) atoms. The molecule has 0 spiro atoms. The Balaban J connectivity index is 1.77. The predicted molar refractivity (Wildman–Crippen MR) is 107 cm³/mol. The lowest BCUT2D eigenvalue weighted by molar-refractivity contribution is -0.115. The molecule has 1 aromatic carbocycles. The summed E-state index contributed by atoms with van der Waals surface area (Å²) in [4.78, 5) is 3.24. The molecule has 1 heterocycles. The number of aromatic amines is 1. The Hall–Kier alpha value is -1.69. The Labute approximate surface area is 160 Å². The number of aromatic nitrogens is 1. The van der Waals surface area contributed by atoms with E-state index in [1.54, 1.807) is 0 Å². The Bertz CT molecular complexity index is 664. The average Bonchev–Trinajstić information content (AvgIpc) is 2.98. The van der Waals surface area contributed by atoms with Gasteiger partial charge in [-0.15, -0.1) is 0 Å². The molecule has 0 aliphatic carbocycles. The van der Waals surface area contributed by atoms with Crippen molar-refractivity contribution in [3.05, 3.63) is 30.0 Å². The molecule has 0 amide bonds. The van der Waals surface area contributed by atoms with Crippen molar-refractivity contribution in [1.29, 1.82) is 0 Å². The molecule has 0 fully saturated rings. The number of H-pyrrole nitrogens is 1. The number of para-hydroxylation sites is 1. The SMILES string of the molecule is CCCCCCCCCCNCc1[nH]c2ccccc2c1NCC(F)(F)F. The van der Waals surface area contributed by atoms with Crippen molar-refractivity contribution < 1.29 is 13.2 Å². The zero-order valence-corrected chi connectivity index (χ0v) is 16.2. The van der Waals surface area contributed by atoms with Gasteiger partial charge in [-0.05, 0) is 19.0 Å². The summed E-state index contributed by atoms with van der Waals surface area (Å²) in [6.45, 7) is 2.61. The summed E-state index contributed by atoms with van der Waals surface area (Å²) in [6.07, 6.45) is 5.88. The van der Waals surface area contributed by atoms with Gasteiger partial charge < -0.3 is 15.6 Å². The van der Waals surface area contributed by atoms with E-state index in [-0.39, 0.29) is 0 Å². The quantitative estimate of drug-likeness (QED) is 0.352. The van der Waals surface area contributed by atoms with Crippen molar-refractivity contribution in [3.8, 4) is 0 Å². The maximum atomic E-state index is 12.6. The van der Waals surface area contributed by atoms with Crippen molar-refractivity contribution in [2.75, 3.05) is 18.4 Å². The van der Waals surface area contributed by atoms with Gasteiger partial charge in [0.05, 0.1) is 11.4 Å². The molecular formula is C21H32F3N3. The van der Waals surface area contributed by atoms with Gasteiger partial charge in [0, 0.05) is 17.4 Å². The Morgan fingerprint density at radius 2 is 1.59 bits per heavy atom. The van der Waals surface area contributed by atoms with Gasteiger partial charge in [-0.1, -0.05) is 70.1 Å². The van der Waals surface area contributed by atoms with Crippen molar-refractivity contribution in [1.82, 2.24) is 10.3 Å². The van der Waals surface area contributed by atoms with Gasteiger partial charge in [0.2, 0.25) is 0 Å². The molecule has 0 bridgehead atoms. The van der Waals surface area contributed by atoms with Crippen LogP contribution in [-0.4, -0.2) is 24.2 Å². The van der Waals surface area contributed by atoms with E-state index < -0.39 is 12.7 Å². The summed E-state index contributed by atoms with van der Waals surface area (Å²) in [5.74, 6) is 0. The summed E-state index contributed by atoms with van der Waals surface area (Å²) < 4.78 is 37.8. The molecular weight excluding hydrogens is 351 g/mol. The summed E-state index contributed by atoms with van der Waals surface area (Å²) in [6, 6.07) is 7.44. The van der Waals surface area contributed by atoms with Crippen molar-refractivity contribution in [2.45, 2.75) is 71.0 Å². The maximum Gasteiger partial charge on any atom is 0.405 e. The molecule has 0 atom stereocenters. The highest BCUT2D eigenvalue weighted by Crippen LogP contribution is 2.29. The minimum atomic E-state index is -4.24. The van der Waals surface area contributed by atoms with Crippen LogP contribution < -0.4 is 10.6 Å². The summed E-state index contributed by atoms with van der Waals surface area (Å²) in [5, 5.41) is 6.72. The number of fused-ring (bicyclic) bond motifs is 1. The van der Waals surface area contributed by atoms with E-state index >= 15 is 0 Å². The number of benzene rings is 1. The lowest BCUT2D eigenvalue weighted by Gasteiger charge is -2.11. The van der Waals surface area contributed by atoms with E-state index in [0.717, 1.165) is 29.6 Å². The number of alkyl halides is 3. The molecule has 0 saturated heterocycles. The zero-order valence-electron chi connectivity index (χ0n) is 16.2. The fourth-order valence-corrected chi connectivity index (χ4v) is 3.32. The molecule has 3 N–H and O–H groups in total. The maximum absolute atomic E-state index is 12.6.